The van der Waals surface area contributed by atoms with Crippen molar-refractivity contribution in [1.29, 1.82) is 0 Å². The van der Waals surface area contributed by atoms with Crippen LogP contribution in [0.4, 0.5) is 4.79 Å². The van der Waals surface area contributed by atoms with Gasteiger partial charge in [0.1, 0.15) is 0 Å². The molecule has 108 valence electrons. The molecule has 2 fully saturated rings. The van der Waals surface area contributed by atoms with Crippen LogP contribution in [-0.2, 0) is 4.79 Å². The van der Waals surface area contributed by atoms with Crippen LogP contribution in [0.1, 0.15) is 26.2 Å². The van der Waals surface area contributed by atoms with E-state index in [0.29, 0.717) is 19.5 Å². The Hall–Kier alpha value is -0.910. The number of carboxylic acid groups (broad SMARTS) is 1. The van der Waals surface area contributed by atoms with Crippen molar-refractivity contribution in [3.63, 3.8) is 0 Å². The monoisotopic (exact) mass is 286 g/mol. The molecule has 0 radical (unpaired) electrons. The van der Waals surface area contributed by atoms with Crippen molar-refractivity contribution in [2.24, 2.45) is 11.8 Å². The lowest BCUT2D eigenvalue weighted by Crippen LogP contribution is -2.52. The van der Waals surface area contributed by atoms with Gasteiger partial charge in [-0.15, -0.1) is 0 Å². The standard InChI is InChI=1S/C13H22N2O3S/c1-9-6-10(12(16)17)8-15(7-9)13(18)14-11-2-4-19-5-3-11/h9-11H,2-8H2,1H3,(H,14,18)(H,16,17). The Kier molecular flexibility index (Phi) is 4.96. The first kappa shape index (κ1) is 14.5. The molecule has 2 unspecified atom stereocenters. The molecule has 2 heterocycles. The first-order valence-electron chi connectivity index (χ1n) is 6.92. The largest absolute Gasteiger partial charge is 0.481 e. The summed E-state index contributed by atoms with van der Waals surface area (Å²) in [6.45, 7) is 3.01. The predicted octanol–water partition coefficient (Wildman–Crippen LogP) is 1.63. The number of likely N-dealkylation sites (tertiary alicyclic amines) is 1. The summed E-state index contributed by atoms with van der Waals surface area (Å²) in [6.07, 6.45) is 2.70. The van der Waals surface area contributed by atoms with E-state index in [-0.39, 0.29) is 18.0 Å². The third kappa shape index (κ3) is 4.03. The van der Waals surface area contributed by atoms with Gasteiger partial charge in [-0.3, -0.25) is 4.79 Å². The van der Waals surface area contributed by atoms with E-state index < -0.39 is 11.9 Å². The van der Waals surface area contributed by atoms with E-state index in [0.717, 1.165) is 24.3 Å². The van der Waals surface area contributed by atoms with Crippen LogP contribution in [0.15, 0.2) is 0 Å². The van der Waals surface area contributed by atoms with Gasteiger partial charge in [0.25, 0.3) is 0 Å². The average Bonchev–Trinajstić information content (AvgIpc) is 2.39. The van der Waals surface area contributed by atoms with Gasteiger partial charge in [0, 0.05) is 19.1 Å². The molecule has 2 rings (SSSR count). The Morgan fingerprint density at radius 1 is 1.26 bits per heavy atom. The molecule has 0 aromatic heterocycles. The van der Waals surface area contributed by atoms with Crippen LogP contribution in [0.3, 0.4) is 0 Å². The van der Waals surface area contributed by atoms with Crippen LogP contribution < -0.4 is 5.32 Å². The number of carbonyl (C=O) groups is 2. The molecule has 0 saturated carbocycles. The highest BCUT2D eigenvalue weighted by molar-refractivity contribution is 7.99. The molecule has 2 atom stereocenters. The second kappa shape index (κ2) is 6.50. The summed E-state index contributed by atoms with van der Waals surface area (Å²) >= 11 is 1.92. The summed E-state index contributed by atoms with van der Waals surface area (Å²) in [6, 6.07) is 0.170. The SMILES string of the molecule is CC1CC(C(=O)O)CN(C(=O)NC2CCSCC2)C1. The Morgan fingerprint density at radius 3 is 2.58 bits per heavy atom. The maximum atomic E-state index is 12.2. The Labute approximate surface area is 118 Å². The molecule has 0 aromatic rings. The molecular weight excluding hydrogens is 264 g/mol. The minimum absolute atomic E-state index is 0.0882. The molecule has 0 spiro atoms. The van der Waals surface area contributed by atoms with Crippen molar-refractivity contribution in [3.8, 4) is 0 Å². The third-order valence-corrected chi connectivity index (χ3v) is 4.89. The fourth-order valence-electron chi connectivity index (χ4n) is 2.80. The predicted molar refractivity (Wildman–Crippen MR) is 75.4 cm³/mol. The normalized spacial score (nSPS) is 29.0. The van der Waals surface area contributed by atoms with Crippen LogP contribution in [0.25, 0.3) is 0 Å². The smallest absolute Gasteiger partial charge is 0.317 e. The Balaban J connectivity index is 1.88. The number of urea groups is 1. The van der Waals surface area contributed by atoms with Gasteiger partial charge in [0.15, 0.2) is 0 Å². The number of amides is 2. The van der Waals surface area contributed by atoms with Crippen LogP contribution in [0, 0.1) is 11.8 Å². The van der Waals surface area contributed by atoms with Crippen molar-refractivity contribution in [2.45, 2.75) is 32.2 Å². The maximum absolute atomic E-state index is 12.2. The van der Waals surface area contributed by atoms with Gasteiger partial charge in [-0.05, 0) is 36.7 Å². The molecule has 2 N–H and O–H groups in total. The molecule has 2 aliphatic rings. The fraction of sp³-hybridized carbons (Fsp3) is 0.846. The number of hydrogen-bond donors (Lipinski definition) is 2. The second-order valence-corrected chi connectivity index (χ2v) is 6.84. The maximum Gasteiger partial charge on any atom is 0.317 e. The number of carbonyl (C=O) groups excluding carboxylic acids is 1. The van der Waals surface area contributed by atoms with Crippen LogP contribution in [-0.4, -0.2) is 52.6 Å². The van der Waals surface area contributed by atoms with E-state index in [1.807, 2.05) is 18.7 Å². The van der Waals surface area contributed by atoms with Gasteiger partial charge in [0.2, 0.25) is 0 Å². The number of nitrogens with one attached hydrogen (secondary N) is 1. The number of piperidine rings is 1. The molecule has 0 aliphatic carbocycles. The van der Waals surface area contributed by atoms with Crippen molar-refractivity contribution in [1.82, 2.24) is 10.2 Å². The zero-order chi connectivity index (χ0) is 13.8. The van der Waals surface area contributed by atoms with E-state index >= 15 is 0 Å². The van der Waals surface area contributed by atoms with Gasteiger partial charge in [-0.2, -0.15) is 11.8 Å². The lowest BCUT2D eigenvalue weighted by molar-refractivity contribution is -0.143. The summed E-state index contributed by atoms with van der Waals surface area (Å²) in [4.78, 5) is 25.0. The molecule has 6 heteroatoms. The zero-order valence-electron chi connectivity index (χ0n) is 11.3. The average molecular weight is 286 g/mol. The number of nitrogens with zero attached hydrogens (tertiary/aromatic N) is 1. The van der Waals surface area contributed by atoms with E-state index in [2.05, 4.69) is 5.32 Å². The second-order valence-electron chi connectivity index (χ2n) is 5.62. The summed E-state index contributed by atoms with van der Waals surface area (Å²) in [5.41, 5.74) is 0. The highest BCUT2D eigenvalue weighted by Gasteiger charge is 2.32. The Bertz CT molecular complexity index is 345. The third-order valence-electron chi connectivity index (χ3n) is 3.85. The fourth-order valence-corrected chi connectivity index (χ4v) is 3.91. The first-order chi connectivity index (χ1) is 9.06. The number of rotatable bonds is 2. The summed E-state index contributed by atoms with van der Waals surface area (Å²) in [5.74, 6) is 1.23. The van der Waals surface area contributed by atoms with E-state index in [1.165, 1.54) is 0 Å². The topological polar surface area (TPSA) is 69.6 Å². The van der Waals surface area contributed by atoms with Crippen LogP contribution in [0.5, 0.6) is 0 Å². The number of hydrogen-bond acceptors (Lipinski definition) is 3. The molecule has 0 bridgehead atoms. The molecule has 2 aliphatic heterocycles. The molecule has 0 aromatic carbocycles. The zero-order valence-corrected chi connectivity index (χ0v) is 12.1. The van der Waals surface area contributed by atoms with E-state index in [1.54, 1.807) is 4.90 Å². The summed E-state index contributed by atoms with van der Waals surface area (Å²) in [7, 11) is 0. The molecule has 2 amide bonds. The molecular formula is C13H22N2O3S. The van der Waals surface area contributed by atoms with Crippen molar-refractivity contribution in [2.75, 3.05) is 24.6 Å². The lowest BCUT2D eigenvalue weighted by Gasteiger charge is -2.36. The lowest BCUT2D eigenvalue weighted by atomic mass is 9.91. The molecule has 5 nitrogen and oxygen atoms in total. The molecule has 2 saturated heterocycles. The number of carboxylic acids is 1. The van der Waals surface area contributed by atoms with Crippen molar-refractivity contribution >= 4 is 23.8 Å². The first-order valence-corrected chi connectivity index (χ1v) is 8.07. The Morgan fingerprint density at radius 2 is 1.95 bits per heavy atom. The number of thioether (sulfide) groups is 1. The van der Waals surface area contributed by atoms with E-state index in [4.69, 9.17) is 5.11 Å². The highest BCUT2D eigenvalue weighted by Crippen LogP contribution is 2.22. The van der Waals surface area contributed by atoms with E-state index in [9.17, 15) is 9.59 Å². The van der Waals surface area contributed by atoms with Gasteiger partial charge in [-0.25, -0.2) is 4.79 Å². The summed E-state index contributed by atoms with van der Waals surface area (Å²) in [5, 5.41) is 12.2. The van der Waals surface area contributed by atoms with Crippen molar-refractivity contribution < 1.29 is 14.7 Å². The number of aliphatic carboxylic acids is 1. The van der Waals surface area contributed by atoms with Gasteiger partial charge >= 0.3 is 12.0 Å². The molecule has 19 heavy (non-hydrogen) atoms. The highest BCUT2D eigenvalue weighted by atomic mass is 32.2. The van der Waals surface area contributed by atoms with Crippen LogP contribution >= 0.6 is 11.8 Å². The van der Waals surface area contributed by atoms with Crippen LogP contribution in [0.2, 0.25) is 0 Å². The quantitative estimate of drug-likeness (QED) is 0.809. The van der Waals surface area contributed by atoms with Gasteiger partial charge in [-0.1, -0.05) is 6.92 Å². The summed E-state index contributed by atoms with van der Waals surface area (Å²) < 4.78 is 0. The van der Waals surface area contributed by atoms with Gasteiger partial charge < -0.3 is 15.3 Å². The minimum atomic E-state index is -0.793. The van der Waals surface area contributed by atoms with Crippen molar-refractivity contribution in [3.05, 3.63) is 0 Å². The minimum Gasteiger partial charge on any atom is -0.481 e. The van der Waals surface area contributed by atoms with Gasteiger partial charge in [0.05, 0.1) is 5.92 Å².